The van der Waals surface area contributed by atoms with Crippen molar-refractivity contribution in [1.82, 2.24) is 4.90 Å². The predicted molar refractivity (Wildman–Crippen MR) is 90.8 cm³/mol. The van der Waals surface area contributed by atoms with Gasteiger partial charge in [0.1, 0.15) is 5.75 Å². The number of hydrogen-bond acceptors (Lipinski definition) is 3. The molecule has 1 aromatic carbocycles. The summed E-state index contributed by atoms with van der Waals surface area (Å²) in [5.41, 5.74) is 6.22. The van der Waals surface area contributed by atoms with Gasteiger partial charge in [-0.05, 0) is 31.0 Å². The molecule has 0 bridgehead atoms. The van der Waals surface area contributed by atoms with Crippen LogP contribution in [0.15, 0.2) is 22.7 Å². The molecule has 1 aliphatic carbocycles. The predicted octanol–water partition coefficient (Wildman–Crippen LogP) is 3.13. The number of thiocarbonyl (C=S) groups is 1. The third kappa shape index (κ3) is 3.95. The number of amides is 1. The summed E-state index contributed by atoms with van der Waals surface area (Å²) < 4.78 is 6.20. The van der Waals surface area contributed by atoms with Crippen LogP contribution in [0.2, 0.25) is 0 Å². The van der Waals surface area contributed by atoms with Crippen molar-refractivity contribution >= 4 is 39.0 Å². The molecular weight excluding hydrogens is 352 g/mol. The number of nitrogens with two attached hydrogens (primary N) is 1. The minimum atomic E-state index is -0.0703. The van der Waals surface area contributed by atoms with E-state index >= 15 is 0 Å². The monoisotopic (exact) mass is 370 g/mol. The molecule has 2 N–H and O–H groups in total. The van der Waals surface area contributed by atoms with Gasteiger partial charge in [-0.3, -0.25) is 4.79 Å². The van der Waals surface area contributed by atoms with Crippen molar-refractivity contribution in [3.8, 4) is 5.75 Å². The fraction of sp³-hybridized carbons (Fsp3) is 0.467. The Bertz CT molecular complexity index is 544. The van der Waals surface area contributed by atoms with E-state index in [4.69, 9.17) is 22.7 Å². The average molecular weight is 371 g/mol. The number of methoxy groups -OCH3 is 1. The minimum Gasteiger partial charge on any atom is -0.496 e. The quantitative estimate of drug-likeness (QED) is 0.808. The van der Waals surface area contributed by atoms with Gasteiger partial charge < -0.3 is 15.4 Å². The smallest absolute Gasteiger partial charge is 0.258 e. The highest BCUT2D eigenvalue weighted by Gasteiger charge is 2.29. The summed E-state index contributed by atoms with van der Waals surface area (Å²) in [6, 6.07) is 5.61. The zero-order chi connectivity index (χ0) is 15.4. The normalized spacial score (nSPS) is 15.0. The lowest BCUT2D eigenvalue weighted by molar-refractivity contribution is 0.0711. The second-order valence-electron chi connectivity index (χ2n) is 5.18. The Morgan fingerprint density at radius 2 is 2.14 bits per heavy atom. The molecule has 21 heavy (non-hydrogen) atoms. The first-order valence-corrected chi connectivity index (χ1v) is 8.16. The first-order chi connectivity index (χ1) is 10.0. The van der Waals surface area contributed by atoms with Crippen molar-refractivity contribution in [2.45, 2.75) is 31.7 Å². The maximum atomic E-state index is 12.9. The van der Waals surface area contributed by atoms with Gasteiger partial charge in [-0.25, -0.2) is 0 Å². The van der Waals surface area contributed by atoms with Crippen LogP contribution in [0, 0.1) is 0 Å². The van der Waals surface area contributed by atoms with Crippen molar-refractivity contribution in [2.24, 2.45) is 5.73 Å². The minimum absolute atomic E-state index is 0.0703. The standard InChI is InChI=1S/C15H19BrN2O2S/c1-20-13-8-10(16)6-7-12(13)15(19)18(9-14(17)21)11-4-2-3-5-11/h6-8,11H,2-5,9H2,1H3,(H2,17,21). The topological polar surface area (TPSA) is 55.6 Å². The fourth-order valence-electron chi connectivity index (χ4n) is 2.75. The van der Waals surface area contributed by atoms with E-state index in [0.717, 1.165) is 30.2 Å². The van der Waals surface area contributed by atoms with Gasteiger partial charge >= 0.3 is 0 Å². The summed E-state index contributed by atoms with van der Waals surface area (Å²) in [5, 5.41) is 0. The van der Waals surface area contributed by atoms with Crippen LogP contribution in [0.4, 0.5) is 0 Å². The maximum absolute atomic E-state index is 12.9. The summed E-state index contributed by atoms with van der Waals surface area (Å²) in [7, 11) is 1.56. The molecule has 1 saturated carbocycles. The molecule has 0 aliphatic heterocycles. The molecule has 1 amide bonds. The SMILES string of the molecule is COc1cc(Br)ccc1C(=O)N(CC(N)=S)C1CCCC1. The highest BCUT2D eigenvalue weighted by Crippen LogP contribution is 2.29. The lowest BCUT2D eigenvalue weighted by atomic mass is 10.1. The second-order valence-corrected chi connectivity index (χ2v) is 6.62. The first-order valence-electron chi connectivity index (χ1n) is 6.95. The summed E-state index contributed by atoms with van der Waals surface area (Å²) in [6.45, 7) is 0.318. The Hall–Kier alpha value is -1.14. The molecule has 0 saturated heterocycles. The van der Waals surface area contributed by atoms with E-state index in [-0.39, 0.29) is 11.9 Å². The van der Waals surface area contributed by atoms with Gasteiger partial charge in [-0.15, -0.1) is 0 Å². The van der Waals surface area contributed by atoms with Crippen molar-refractivity contribution < 1.29 is 9.53 Å². The lowest BCUT2D eigenvalue weighted by Crippen LogP contribution is -2.43. The van der Waals surface area contributed by atoms with Crippen molar-refractivity contribution in [3.05, 3.63) is 28.2 Å². The Kier molecular flexibility index (Phi) is 5.58. The van der Waals surface area contributed by atoms with Gasteiger partial charge in [-0.2, -0.15) is 0 Å². The summed E-state index contributed by atoms with van der Waals surface area (Å²) >= 11 is 8.39. The van der Waals surface area contributed by atoms with Gasteiger partial charge in [0, 0.05) is 10.5 Å². The molecule has 6 heteroatoms. The molecule has 0 unspecified atom stereocenters. The molecule has 0 radical (unpaired) electrons. The number of benzene rings is 1. The van der Waals surface area contributed by atoms with Crippen molar-refractivity contribution in [1.29, 1.82) is 0 Å². The van der Waals surface area contributed by atoms with E-state index in [9.17, 15) is 4.79 Å². The van der Waals surface area contributed by atoms with Gasteiger partial charge in [0.2, 0.25) is 0 Å². The van der Waals surface area contributed by atoms with E-state index in [1.54, 1.807) is 24.1 Å². The molecule has 1 aromatic rings. The van der Waals surface area contributed by atoms with Gasteiger partial charge in [0.05, 0.1) is 24.2 Å². The summed E-state index contributed by atoms with van der Waals surface area (Å²) in [4.78, 5) is 15.0. The molecule has 4 nitrogen and oxygen atoms in total. The summed E-state index contributed by atoms with van der Waals surface area (Å²) in [6.07, 6.45) is 4.30. The average Bonchev–Trinajstić information content (AvgIpc) is 2.97. The zero-order valence-corrected chi connectivity index (χ0v) is 14.4. The number of nitrogens with zero attached hydrogens (tertiary/aromatic N) is 1. The van der Waals surface area contributed by atoms with Gasteiger partial charge in [0.15, 0.2) is 0 Å². The molecular formula is C15H19BrN2O2S. The molecule has 0 heterocycles. The fourth-order valence-corrected chi connectivity index (χ4v) is 3.23. The Morgan fingerprint density at radius 3 is 2.71 bits per heavy atom. The van der Waals surface area contributed by atoms with Crippen molar-refractivity contribution in [3.63, 3.8) is 0 Å². The van der Waals surface area contributed by atoms with Crippen LogP contribution in [-0.4, -0.2) is 35.5 Å². The Morgan fingerprint density at radius 1 is 1.48 bits per heavy atom. The maximum Gasteiger partial charge on any atom is 0.258 e. The van der Waals surface area contributed by atoms with E-state index < -0.39 is 0 Å². The highest BCUT2D eigenvalue weighted by atomic mass is 79.9. The lowest BCUT2D eigenvalue weighted by Gasteiger charge is -2.29. The second kappa shape index (κ2) is 7.22. The molecule has 1 fully saturated rings. The van der Waals surface area contributed by atoms with E-state index in [2.05, 4.69) is 15.9 Å². The summed E-state index contributed by atoms with van der Waals surface area (Å²) in [5.74, 6) is 0.486. The van der Waals surface area contributed by atoms with Crippen LogP contribution in [0.5, 0.6) is 5.75 Å². The van der Waals surface area contributed by atoms with Crippen LogP contribution in [0.25, 0.3) is 0 Å². The molecule has 0 atom stereocenters. The van der Waals surface area contributed by atoms with Gasteiger partial charge in [-0.1, -0.05) is 41.0 Å². The van der Waals surface area contributed by atoms with E-state index in [0.29, 0.717) is 22.8 Å². The van der Waals surface area contributed by atoms with Crippen LogP contribution >= 0.6 is 28.1 Å². The van der Waals surface area contributed by atoms with Crippen LogP contribution in [0.1, 0.15) is 36.0 Å². The Balaban J connectivity index is 2.30. The number of carbonyl (C=O) groups is 1. The Labute approximate surface area is 138 Å². The third-order valence-corrected chi connectivity index (χ3v) is 4.37. The van der Waals surface area contributed by atoms with E-state index in [1.807, 2.05) is 6.07 Å². The highest BCUT2D eigenvalue weighted by molar-refractivity contribution is 9.10. The van der Waals surface area contributed by atoms with Crippen LogP contribution < -0.4 is 10.5 Å². The largest absolute Gasteiger partial charge is 0.496 e. The number of ether oxygens (including phenoxy) is 1. The molecule has 0 aromatic heterocycles. The third-order valence-electron chi connectivity index (χ3n) is 3.75. The number of halogens is 1. The number of hydrogen-bond donors (Lipinski definition) is 1. The van der Waals surface area contributed by atoms with E-state index in [1.165, 1.54) is 0 Å². The zero-order valence-electron chi connectivity index (χ0n) is 12.0. The van der Waals surface area contributed by atoms with Gasteiger partial charge in [0.25, 0.3) is 5.91 Å². The first kappa shape index (κ1) is 16.2. The van der Waals surface area contributed by atoms with Crippen LogP contribution in [-0.2, 0) is 0 Å². The van der Waals surface area contributed by atoms with Crippen molar-refractivity contribution in [2.75, 3.05) is 13.7 Å². The molecule has 2 rings (SSSR count). The number of carbonyl (C=O) groups excluding carboxylic acids is 1. The number of rotatable bonds is 5. The van der Waals surface area contributed by atoms with Crippen LogP contribution in [0.3, 0.4) is 0 Å². The molecule has 0 spiro atoms. The molecule has 114 valence electrons. The molecule has 1 aliphatic rings.